The SMILES string of the molecule is CC(C)C(C)/C=C/C(C)C1CCC2C1(C)CCC1C3(C)CCCCC3=CCC12C. The maximum absolute atomic E-state index is 2.74. The van der Waals surface area contributed by atoms with Gasteiger partial charge in [0, 0.05) is 0 Å². The van der Waals surface area contributed by atoms with Gasteiger partial charge in [-0.25, -0.2) is 0 Å². The molecule has 0 saturated heterocycles. The molecule has 0 aliphatic heterocycles. The van der Waals surface area contributed by atoms with Crippen molar-refractivity contribution in [2.45, 2.75) is 106 Å². The van der Waals surface area contributed by atoms with Crippen LogP contribution in [0, 0.1) is 51.8 Å². The zero-order chi connectivity index (χ0) is 21.0. The number of fused-ring (bicyclic) bond motifs is 5. The first-order valence-electron chi connectivity index (χ1n) is 13.0. The largest absolute Gasteiger partial charge is 0.0852 e. The Balaban J connectivity index is 1.59. The van der Waals surface area contributed by atoms with Gasteiger partial charge in [-0.15, -0.1) is 0 Å². The van der Waals surface area contributed by atoms with Crippen molar-refractivity contribution in [3.8, 4) is 0 Å². The molecule has 0 radical (unpaired) electrons. The molecule has 4 aliphatic rings. The summed E-state index contributed by atoms with van der Waals surface area (Å²) < 4.78 is 0. The summed E-state index contributed by atoms with van der Waals surface area (Å²) in [6, 6.07) is 0. The molecule has 0 heteroatoms. The third-order valence-corrected chi connectivity index (χ3v) is 11.1. The predicted molar refractivity (Wildman–Crippen MR) is 127 cm³/mol. The van der Waals surface area contributed by atoms with Crippen LogP contribution in [-0.2, 0) is 0 Å². The van der Waals surface area contributed by atoms with Crippen molar-refractivity contribution in [3.05, 3.63) is 23.8 Å². The zero-order valence-corrected chi connectivity index (χ0v) is 20.6. The van der Waals surface area contributed by atoms with E-state index in [1.54, 1.807) is 0 Å². The van der Waals surface area contributed by atoms with Crippen LogP contribution in [0.25, 0.3) is 0 Å². The molecule has 0 nitrogen and oxygen atoms in total. The van der Waals surface area contributed by atoms with E-state index in [1.807, 2.05) is 5.57 Å². The average molecular weight is 397 g/mol. The minimum atomic E-state index is 0.517. The summed E-state index contributed by atoms with van der Waals surface area (Å²) in [4.78, 5) is 0. The Kier molecular flexibility index (Phi) is 5.66. The van der Waals surface area contributed by atoms with Gasteiger partial charge in [-0.1, -0.05) is 78.7 Å². The highest BCUT2D eigenvalue weighted by molar-refractivity contribution is 5.27. The first-order chi connectivity index (χ1) is 13.6. The fourth-order valence-corrected chi connectivity index (χ4v) is 8.97. The van der Waals surface area contributed by atoms with Gasteiger partial charge in [0.15, 0.2) is 0 Å². The Morgan fingerprint density at radius 1 is 0.862 bits per heavy atom. The maximum atomic E-state index is 2.74. The Bertz CT molecular complexity index is 668. The molecule has 8 atom stereocenters. The van der Waals surface area contributed by atoms with E-state index < -0.39 is 0 Å². The molecule has 3 saturated carbocycles. The predicted octanol–water partition coefficient (Wildman–Crippen LogP) is 8.83. The highest BCUT2D eigenvalue weighted by atomic mass is 14.7. The quantitative estimate of drug-likeness (QED) is 0.416. The number of hydrogen-bond acceptors (Lipinski definition) is 0. The van der Waals surface area contributed by atoms with E-state index in [9.17, 15) is 0 Å². The van der Waals surface area contributed by atoms with E-state index in [4.69, 9.17) is 0 Å². The number of hydrogen-bond donors (Lipinski definition) is 0. The van der Waals surface area contributed by atoms with Gasteiger partial charge in [-0.3, -0.25) is 0 Å². The molecule has 0 amide bonds. The zero-order valence-electron chi connectivity index (χ0n) is 20.6. The molecule has 164 valence electrons. The fraction of sp³-hybridized carbons (Fsp3) is 0.862. The summed E-state index contributed by atoms with van der Waals surface area (Å²) in [5.41, 5.74) is 3.45. The van der Waals surface area contributed by atoms with E-state index in [0.717, 1.165) is 29.6 Å². The highest BCUT2D eigenvalue weighted by Crippen LogP contribution is 2.71. The molecule has 3 fully saturated rings. The Morgan fingerprint density at radius 3 is 2.34 bits per heavy atom. The molecule has 29 heavy (non-hydrogen) atoms. The van der Waals surface area contributed by atoms with Gasteiger partial charge in [-0.05, 0) is 103 Å². The molecule has 0 heterocycles. The second-order valence-corrected chi connectivity index (χ2v) is 12.7. The lowest BCUT2D eigenvalue weighted by Gasteiger charge is -2.63. The van der Waals surface area contributed by atoms with Crippen molar-refractivity contribution >= 4 is 0 Å². The Hall–Kier alpha value is -0.520. The normalized spacial score (nSPS) is 46.8. The lowest BCUT2D eigenvalue weighted by atomic mass is 9.41. The van der Waals surface area contributed by atoms with Gasteiger partial charge in [0.1, 0.15) is 0 Å². The minimum Gasteiger partial charge on any atom is -0.0852 e. The van der Waals surface area contributed by atoms with Crippen LogP contribution in [-0.4, -0.2) is 0 Å². The summed E-state index contributed by atoms with van der Waals surface area (Å²) in [5.74, 6) is 4.91. The number of rotatable bonds is 4. The minimum absolute atomic E-state index is 0.517. The average Bonchev–Trinajstić information content (AvgIpc) is 3.03. The first-order valence-corrected chi connectivity index (χ1v) is 13.0. The van der Waals surface area contributed by atoms with Crippen LogP contribution in [0.1, 0.15) is 106 Å². The lowest BCUT2D eigenvalue weighted by Crippen LogP contribution is -2.55. The van der Waals surface area contributed by atoms with Gasteiger partial charge >= 0.3 is 0 Å². The summed E-state index contributed by atoms with van der Waals surface area (Å²) in [6.45, 7) is 17.7. The van der Waals surface area contributed by atoms with E-state index >= 15 is 0 Å². The van der Waals surface area contributed by atoms with Crippen LogP contribution in [0.5, 0.6) is 0 Å². The lowest BCUT2D eigenvalue weighted by molar-refractivity contribution is -0.107. The molecular weight excluding hydrogens is 348 g/mol. The monoisotopic (exact) mass is 396 g/mol. The van der Waals surface area contributed by atoms with Crippen molar-refractivity contribution in [3.63, 3.8) is 0 Å². The van der Waals surface area contributed by atoms with Crippen LogP contribution >= 0.6 is 0 Å². The molecule has 0 bridgehead atoms. The molecule has 4 rings (SSSR count). The van der Waals surface area contributed by atoms with Gasteiger partial charge in [0.25, 0.3) is 0 Å². The topological polar surface area (TPSA) is 0 Å². The Morgan fingerprint density at radius 2 is 1.62 bits per heavy atom. The second-order valence-electron chi connectivity index (χ2n) is 12.7. The first kappa shape index (κ1) is 21.7. The summed E-state index contributed by atoms with van der Waals surface area (Å²) in [7, 11) is 0. The third-order valence-electron chi connectivity index (χ3n) is 11.1. The smallest absolute Gasteiger partial charge is 0.00827 e. The van der Waals surface area contributed by atoms with Crippen LogP contribution < -0.4 is 0 Å². The van der Waals surface area contributed by atoms with E-state index in [1.165, 1.54) is 57.8 Å². The van der Waals surface area contributed by atoms with Crippen LogP contribution in [0.2, 0.25) is 0 Å². The van der Waals surface area contributed by atoms with Gasteiger partial charge in [0.2, 0.25) is 0 Å². The van der Waals surface area contributed by atoms with Gasteiger partial charge in [0.05, 0.1) is 0 Å². The molecule has 0 aromatic heterocycles. The summed E-state index contributed by atoms with van der Waals surface area (Å²) in [5, 5.41) is 0. The van der Waals surface area contributed by atoms with Crippen molar-refractivity contribution in [2.24, 2.45) is 51.8 Å². The molecule has 8 unspecified atom stereocenters. The van der Waals surface area contributed by atoms with Gasteiger partial charge in [-0.2, -0.15) is 0 Å². The van der Waals surface area contributed by atoms with Crippen molar-refractivity contribution in [2.75, 3.05) is 0 Å². The number of allylic oxidation sites excluding steroid dienone is 4. The highest BCUT2D eigenvalue weighted by Gasteiger charge is 2.63. The van der Waals surface area contributed by atoms with E-state index in [-0.39, 0.29) is 0 Å². The third kappa shape index (κ3) is 3.30. The van der Waals surface area contributed by atoms with Crippen molar-refractivity contribution in [1.82, 2.24) is 0 Å². The van der Waals surface area contributed by atoms with Crippen LogP contribution in [0.15, 0.2) is 23.8 Å². The van der Waals surface area contributed by atoms with Crippen LogP contribution in [0.4, 0.5) is 0 Å². The van der Waals surface area contributed by atoms with Crippen LogP contribution in [0.3, 0.4) is 0 Å². The molecule has 0 aromatic carbocycles. The summed E-state index contributed by atoms with van der Waals surface area (Å²) >= 11 is 0. The van der Waals surface area contributed by atoms with E-state index in [0.29, 0.717) is 22.2 Å². The Labute approximate surface area is 182 Å². The molecule has 4 aliphatic carbocycles. The molecular formula is C29H48. The van der Waals surface area contributed by atoms with Gasteiger partial charge < -0.3 is 0 Å². The molecule has 0 spiro atoms. The van der Waals surface area contributed by atoms with E-state index in [2.05, 4.69) is 66.7 Å². The summed E-state index contributed by atoms with van der Waals surface area (Å²) in [6.07, 6.45) is 20.9. The van der Waals surface area contributed by atoms with Crippen molar-refractivity contribution in [1.29, 1.82) is 0 Å². The molecule has 0 N–H and O–H groups in total. The van der Waals surface area contributed by atoms with Crippen molar-refractivity contribution < 1.29 is 0 Å². The fourth-order valence-electron chi connectivity index (χ4n) is 8.97. The standard InChI is InChI=1S/C29H48/c1-20(2)21(3)11-12-22(4)24-13-14-25-28(24,6)19-16-26-27(5)17-9-8-10-23(27)15-18-29(25,26)7/h11-12,15,20-22,24-26H,8-10,13-14,16-19H2,1-7H3/b12-11+. The maximum Gasteiger partial charge on any atom is -0.00827 e. The molecule has 0 aromatic rings. The second kappa shape index (κ2) is 7.56.